The quantitative estimate of drug-likeness (QED) is 0.873. The van der Waals surface area contributed by atoms with Gasteiger partial charge in [-0.25, -0.2) is 0 Å². The Kier molecular flexibility index (Phi) is 4.75. The summed E-state index contributed by atoms with van der Waals surface area (Å²) in [6.07, 6.45) is 0.686. The van der Waals surface area contributed by atoms with Gasteiger partial charge in [0, 0.05) is 18.3 Å². The number of benzene rings is 2. The second-order valence-electron chi connectivity index (χ2n) is 4.77. The van der Waals surface area contributed by atoms with E-state index in [1.807, 2.05) is 48.5 Å². The van der Waals surface area contributed by atoms with E-state index < -0.39 is 0 Å². The fourth-order valence-electron chi connectivity index (χ4n) is 2.08. The van der Waals surface area contributed by atoms with Crippen molar-refractivity contribution in [3.05, 3.63) is 65.2 Å². The number of hydrogen-bond donors (Lipinski definition) is 2. The molecule has 3 heteroatoms. The Morgan fingerprint density at radius 1 is 1.10 bits per heavy atom. The highest BCUT2D eigenvalue weighted by Crippen LogP contribution is 2.20. The van der Waals surface area contributed by atoms with Crippen LogP contribution in [0.3, 0.4) is 0 Å². The molecule has 2 rings (SSSR count). The smallest absolute Gasteiger partial charge is 0.0991 e. The van der Waals surface area contributed by atoms with Gasteiger partial charge in [-0.2, -0.15) is 5.26 Å². The van der Waals surface area contributed by atoms with Crippen molar-refractivity contribution in [2.75, 3.05) is 11.9 Å². The Morgan fingerprint density at radius 2 is 1.75 bits per heavy atom. The van der Waals surface area contributed by atoms with Gasteiger partial charge < -0.3 is 10.4 Å². The first-order valence-electron chi connectivity index (χ1n) is 6.69. The predicted molar refractivity (Wildman–Crippen MR) is 80.4 cm³/mol. The molecule has 1 atom stereocenters. The molecule has 2 aromatic rings. The summed E-state index contributed by atoms with van der Waals surface area (Å²) in [6.45, 7) is 2.26. The van der Waals surface area contributed by atoms with Crippen molar-refractivity contribution >= 4 is 5.69 Å². The summed E-state index contributed by atoms with van der Waals surface area (Å²) in [6, 6.07) is 18.0. The number of nitrogens with one attached hydrogen (secondary N) is 1. The van der Waals surface area contributed by atoms with E-state index >= 15 is 0 Å². The van der Waals surface area contributed by atoms with Crippen LogP contribution in [0.5, 0.6) is 0 Å². The van der Waals surface area contributed by atoms with Crippen LogP contribution in [0.4, 0.5) is 5.69 Å². The van der Waals surface area contributed by atoms with Gasteiger partial charge in [-0.05, 0) is 48.7 Å². The molecule has 0 aliphatic carbocycles. The van der Waals surface area contributed by atoms with Gasteiger partial charge in [-0.3, -0.25) is 0 Å². The summed E-state index contributed by atoms with van der Waals surface area (Å²) in [4.78, 5) is 0. The number of nitrogens with zero attached hydrogens (tertiary/aromatic N) is 1. The van der Waals surface area contributed by atoms with Crippen LogP contribution in [0.25, 0.3) is 0 Å². The summed E-state index contributed by atoms with van der Waals surface area (Å²) < 4.78 is 0. The number of hydrogen-bond acceptors (Lipinski definition) is 3. The van der Waals surface area contributed by atoms with E-state index in [1.54, 1.807) is 0 Å². The van der Waals surface area contributed by atoms with Crippen molar-refractivity contribution in [1.29, 1.82) is 5.26 Å². The second kappa shape index (κ2) is 6.74. The van der Waals surface area contributed by atoms with E-state index in [1.165, 1.54) is 0 Å². The lowest BCUT2D eigenvalue weighted by Crippen LogP contribution is -2.06. The number of aliphatic hydroxyl groups is 1. The van der Waals surface area contributed by atoms with Gasteiger partial charge in [-0.15, -0.1) is 0 Å². The molecule has 3 nitrogen and oxygen atoms in total. The fourth-order valence-corrected chi connectivity index (χ4v) is 2.08. The summed E-state index contributed by atoms with van der Waals surface area (Å²) in [5, 5.41) is 21.1. The van der Waals surface area contributed by atoms with Crippen molar-refractivity contribution < 1.29 is 5.11 Å². The first-order valence-corrected chi connectivity index (χ1v) is 6.69. The van der Waals surface area contributed by atoms with Crippen molar-refractivity contribution in [2.24, 2.45) is 0 Å². The van der Waals surface area contributed by atoms with Crippen molar-refractivity contribution in [1.82, 2.24) is 0 Å². The maximum atomic E-state index is 8.89. The largest absolute Gasteiger partial charge is 0.396 e. The molecule has 0 amide bonds. The molecule has 2 N–H and O–H groups in total. The molecule has 0 saturated carbocycles. The molecule has 0 aliphatic rings. The Hall–Kier alpha value is -2.31. The lowest BCUT2D eigenvalue weighted by molar-refractivity contribution is 0.299. The van der Waals surface area contributed by atoms with Crippen LogP contribution in [-0.4, -0.2) is 11.7 Å². The normalized spacial score (nSPS) is 11.7. The molecule has 2 aromatic carbocycles. The maximum absolute atomic E-state index is 8.89. The Morgan fingerprint density at radius 3 is 2.30 bits per heavy atom. The predicted octanol–water partition coefficient (Wildman–Crippen LogP) is 3.27. The van der Waals surface area contributed by atoms with Crippen LogP contribution < -0.4 is 5.32 Å². The molecule has 0 aromatic heterocycles. The minimum absolute atomic E-state index is 0.173. The Balaban J connectivity index is 2.02. The molecule has 0 aliphatic heterocycles. The molecule has 0 bridgehead atoms. The van der Waals surface area contributed by atoms with Gasteiger partial charge in [0.1, 0.15) is 0 Å². The zero-order valence-corrected chi connectivity index (χ0v) is 11.5. The fraction of sp³-hybridized carbons (Fsp3) is 0.235. The van der Waals surface area contributed by atoms with Crippen LogP contribution in [0.1, 0.15) is 29.7 Å². The van der Waals surface area contributed by atoms with E-state index in [4.69, 9.17) is 10.4 Å². The first-order chi connectivity index (χ1) is 9.72. The highest BCUT2D eigenvalue weighted by molar-refractivity contribution is 5.47. The molecule has 0 saturated heterocycles. The molecule has 0 heterocycles. The van der Waals surface area contributed by atoms with Crippen molar-refractivity contribution in [3.63, 3.8) is 0 Å². The lowest BCUT2D eigenvalue weighted by Gasteiger charge is -2.16. The van der Waals surface area contributed by atoms with Gasteiger partial charge in [-0.1, -0.05) is 24.3 Å². The highest BCUT2D eigenvalue weighted by Gasteiger charge is 2.05. The lowest BCUT2D eigenvalue weighted by atomic mass is 10.1. The average Bonchev–Trinajstić information content (AvgIpc) is 2.49. The van der Waals surface area contributed by atoms with Crippen molar-refractivity contribution in [2.45, 2.75) is 19.4 Å². The van der Waals surface area contributed by atoms with Gasteiger partial charge in [0.15, 0.2) is 0 Å². The summed E-state index contributed by atoms with van der Waals surface area (Å²) in [5.74, 6) is 0. The van der Waals surface area contributed by atoms with Gasteiger partial charge >= 0.3 is 0 Å². The summed E-state index contributed by atoms with van der Waals surface area (Å²) in [7, 11) is 0. The van der Waals surface area contributed by atoms with Crippen LogP contribution in [0, 0.1) is 11.3 Å². The molecule has 1 unspecified atom stereocenters. The Labute approximate surface area is 119 Å². The highest BCUT2D eigenvalue weighted by atomic mass is 16.2. The maximum Gasteiger partial charge on any atom is 0.0991 e. The number of rotatable bonds is 5. The summed E-state index contributed by atoms with van der Waals surface area (Å²) >= 11 is 0. The molecular formula is C17H18N2O. The molecule has 0 spiro atoms. The third-order valence-corrected chi connectivity index (χ3v) is 3.28. The van der Waals surface area contributed by atoms with E-state index in [2.05, 4.69) is 18.3 Å². The molecule has 0 radical (unpaired) electrons. The van der Waals surface area contributed by atoms with Crippen LogP contribution >= 0.6 is 0 Å². The van der Waals surface area contributed by atoms with Crippen molar-refractivity contribution in [3.8, 4) is 6.07 Å². The average molecular weight is 266 g/mol. The molecular weight excluding hydrogens is 248 g/mol. The Bertz CT molecular complexity index is 582. The van der Waals surface area contributed by atoms with Gasteiger partial charge in [0.05, 0.1) is 11.6 Å². The zero-order chi connectivity index (χ0) is 14.4. The molecule has 102 valence electrons. The number of nitriles is 1. The summed E-state index contributed by atoms with van der Waals surface area (Å²) in [5.41, 5.74) is 3.99. The third kappa shape index (κ3) is 3.59. The SMILES string of the molecule is CC(Nc1ccc(CCO)cc1)c1ccc(C#N)cc1. The molecule has 20 heavy (non-hydrogen) atoms. The van der Waals surface area contributed by atoms with Gasteiger partial charge in [0.25, 0.3) is 0 Å². The zero-order valence-electron chi connectivity index (χ0n) is 11.5. The molecule has 0 fully saturated rings. The van der Waals surface area contributed by atoms with Crippen LogP contribution in [0.15, 0.2) is 48.5 Å². The van der Waals surface area contributed by atoms with E-state index in [-0.39, 0.29) is 12.6 Å². The van der Waals surface area contributed by atoms with E-state index in [0.717, 1.165) is 16.8 Å². The number of anilines is 1. The second-order valence-corrected chi connectivity index (χ2v) is 4.77. The van der Waals surface area contributed by atoms with Gasteiger partial charge in [0.2, 0.25) is 0 Å². The van der Waals surface area contributed by atoms with E-state index in [9.17, 15) is 0 Å². The monoisotopic (exact) mass is 266 g/mol. The topological polar surface area (TPSA) is 56.0 Å². The van der Waals surface area contributed by atoms with Crippen LogP contribution in [0.2, 0.25) is 0 Å². The standard InChI is InChI=1S/C17H18N2O/c1-13(16-6-2-15(12-18)3-7-16)19-17-8-4-14(5-9-17)10-11-20/h2-9,13,19-20H,10-11H2,1H3. The minimum Gasteiger partial charge on any atom is -0.396 e. The number of aliphatic hydroxyl groups excluding tert-OH is 1. The van der Waals surface area contributed by atoms with Crippen LogP contribution in [-0.2, 0) is 6.42 Å². The first kappa shape index (κ1) is 14.1. The van der Waals surface area contributed by atoms with E-state index in [0.29, 0.717) is 12.0 Å². The third-order valence-electron chi connectivity index (χ3n) is 3.28. The minimum atomic E-state index is 0.173.